The number of nitrogens with one attached hydrogen (secondary N) is 2. The van der Waals surface area contributed by atoms with Crippen molar-refractivity contribution in [3.63, 3.8) is 0 Å². The lowest BCUT2D eigenvalue weighted by Crippen LogP contribution is -2.29. The summed E-state index contributed by atoms with van der Waals surface area (Å²) in [5.74, 6) is -1.08. The number of carbonyl (C=O) groups is 2. The quantitative estimate of drug-likeness (QED) is 0.858. The van der Waals surface area contributed by atoms with Crippen LogP contribution in [0.5, 0.6) is 0 Å². The van der Waals surface area contributed by atoms with E-state index in [0.29, 0.717) is 5.69 Å². The molecule has 24 heavy (non-hydrogen) atoms. The van der Waals surface area contributed by atoms with Crippen LogP contribution >= 0.6 is 11.6 Å². The summed E-state index contributed by atoms with van der Waals surface area (Å²) in [5, 5.41) is 5.36. The molecule has 6 heteroatoms. The molecule has 2 aromatic carbocycles. The van der Waals surface area contributed by atoms with Crippen LogP contribution in [0.2, 0.25) is 5.02 Å². The highest BCUT2D eigenvalue weighted by Gasteiger charge is 2.17. The van der Waals surface area contributed by atoms with Gasteiger partial charge in [-0.3, -0.25) is 9.59 Å². The molecule has 2 aromatic rings. The first-order chi connectivity index (χ1) is 11.3. The van der Waals surface area contributed by atoms with Crippen molar-refractivity contribution in [2.75, 3.05) is 5.32 Å². The predicted molar refractivity (Wildman–Crippen MR) is 92.4 cm³/mol. The Morgan fingerprint density at radius 2 is 1.83 bits per heavy atom. The Bertz CT molecular complexity index is 747. The van der Waals surface area contributed by atoms with E-state index in [1.165, 1.54) is 25.1 Å². The monoisotopic (exact) mass is 348 g/mol. The zero-order valence-electron chi connectivity index (χ0n) is 13.4. The Labute approximate surface area is 145 Å². The number of hydrogen-bond donors (Lipinski definition) is 2. The Hall–Kier alpha value is -2.40. The third kappa shape index (κ3) is 5.06. The summed E-state index contributed by atoms with van der Waals surface area (Å²) in [6.45, 7) is 3.36. The lowest BCUT2D eigenvalue weighted by Gasteiger charge is -2.18. The van der Waals surface area contributed by atoms with E-state index in [-0.39, 0.29) is 23.3 Å². The second-order valence-electron chi connectivity index (χ2n) is 5.54. The Kier molecular flexibility index (Phi) is 5.93. The fourth-order valence-corrected chi connectivity index (χ4v) is 2.45. The van der Waals surface area contributed by atoms with Crippen molar-refractivity contribution in [2.24, 2.45) is 0 Å². The van der Waals surface area contributed by atoms with E-state index in [2.05, 4.69) is 10.6 Å². The second-order valence-corrected chi connectivity index (χ2v) is 5.95. The van der Waals surface area contributed by atoms with Crippen LogP contribution in [0.25, 0.3) is 0 Å². The maximum atomic E-state index is 13.2. The number of aryl methyl sites for hydroxylation is 1. The molecule has 0 radical (unpaired) electrons. The number of halogens is 2. The smallest absolute Gasteiger partial charge is 0.226 e. The molecule has 1 unspecified atom stereocenters. The molecule has 0 aliphatic carbocycles. The highest BCUT2D eigenvalue weighted by molar-refractivity contribution is 6.31. The van der Waals surface area contributed by atoms with Crippen molar-refractivity contribution in [1.29, 1.82) is 0 Å². The lowest BCUT2D eigenvalue weighted by atomic mass is 10.0. The van der Waals surface area contributed by atoms with Crippen LogP contribution in [-0.4, -0.2) is 11.8 Å². The molecule has 2 N–H and O–H groups in total. The SMILES string of the molecule is CC(=O)NC(CC(=O)Nc1ccc(F)c(Cl)c1)c1ccc(C)cc1. The Balaban J connectivity index is 2.10. The van der Waals surface area contributed by atoms with Crippen LogP contribution in [0.1, 0.15) is 30.5 Å². The number of benzene rings is 2. The summed E-state index contributed by atoms with van der Waals surface area (Å²) < 4.78 is 13.2. The number of anilines is 1. The molecule has 126 valence electrons. The van der Waals surface area contributed by atoms with Crippen molar-refractivity contribution < 1.29 is 14.0 Å². The van der Waals surface area contributed by atoms with Gasteiger partial charge in [0.15, 0.2) is 0 Å². The minimum atomic E-state index is -0.551. The first-order valence-corrected chi connectivity index (χ1v) is 7.81. The molecule has 0 aromatic heterocycles. The first-order valence-electron chi connectivity index (χ1n) is 7.43. The van der Waals surface area contributed by atoms with Crippen molar-refractivity contribution in [3.8, 4) is 0 Å². The molecular formula is C18H18ClFN2O2. The van der Waals surface area contributed by atoms with Crippen molar-refractivity contribution in [1.82, 2.24) is 5.32 Å². The van der Waals surface area contributed by atoms with Crippen molar-refractivity contribution in [2.45, 2.75) is 26.3 Å². The van der Waals surface area contributed by atoms with Crippen molar-refractivity contribution >= 4 is 29.1 Å². The summed E-state index contributed by atoms with van der Waals surface area (Å²) in [7, 11) is 0. The maximum Gasteiger partial charge on any atom is 0.226 e. The predicted octanol–water partition coefficient (Wildman–Crippen LogP) is 3.99. The fraction of sp³-hybridized carbons (Fsp3) is 0.222. The lowest BCUT2D eigenvalue weighted by molar-refractivity contribution is -0.120. The topological polar surface area (TPSA) is 58.2 Å². The Morgan fingerprint density at radius 1 is 1.17 bits per heavy atom. The molecule has 2 amide bonds. The van der Waals surface area contributed by atoms with E-state index < -0.39 is 11.9 Å². The van der Waals surface area contributed by atoms with Crippen LogP contribution in [0, 0.1) is 12.7 Å². The maximum absolute atomic E-state index is 13.2. The summed E-state index contributed by atoms with van der Waals surface area (Å²) >= 11 is 5.70. The van der Waals surface area contributed by atoms with Gasteiger partial charge < -0.3 is 10.6 Å². The molecule has 0 fully saturated rings. The summed E-state index contributed by atoms with van der Waals surface area (Å²) in [4.78, 5) is 23.7. The largest absolute Gasteiger partial charge is 0.349 e. The van der Waals surface area contributed by atoms with Crippen LogP contribution in [0.4, 0.5) is 10.1 Å². The van der Waals surface area contributed by atoms with Gasteiger partial charge in [0.1, 0.15) is 5.82 Å². The normalized spacial score (nSPS) is 11.7. The van der Waals surface area contributed by atoms with E-state index in [0.717, 1.165) is 11.1 Å². The van der Waals surface area contributed by atoms with Gasteiger partial charge in [-0.15, -0.1) is 0 Å². The number of amides is 2. The van der Waals surface area contributed by atoms with E-state index in [1.807, 2.05) is 31.2 Å². The van der Waals surface area contributed by atoms with Gasteiger partial charge in [0, 0.05) is 12.6 Å². The average Bonchev–Trinajstić information content (AvgIpc) is 2.50. The molecular weight excluding hydrogens is 331 g/mol. The van der Waals surface area contributed by atoms with E-state index in [4.69, 9.17) is 11.6 Å². The highest BCUT2D eigenvalue weighted by atomic mass is 35.5. The average molecular weight is 349 g/mol. The van der Waals surface area contributed by atoms with Crippen LogP contribution in [0.3, 0.4) is 0 Å². The molecule has 0 aliphatic heterocycles. The zero-order valence-corrected chi connectivity index (χ0v) is 14.2. The minimum Gasteiger partial charge on any atom is -0.349 e. The minimum absolute atomic E-state index is 0.0532. The van der Waals surface area contributed by atoms with Crippen molar-refractivity contribution in [3.05, 3.63) is 64.4 Å². The molecule has 4 nitrogen and oxygen atoms in total. The number of carbonyl (C=O) groups excluding carboxylic acids is 2. The molecule has 2 rings (SSSR count). The fourth-order valence-electron chi connectivity index (χ4n) is 2.27. The van der Waals surface area contributed by atoms with Crippen LogP contribution in [0.15, 0.2) is 42.5 Å². The third-order valence-corrected chi connectivity index (χ3v) is 3.74. The van der Waals surface area contributed by atoms with Gasteiger partial charge in [-0.2, -0.15) is 0 Å². The molecule has 0 saturated carbocycles. The van der Waals surface area contributed by atoms with Gasteiger partial charge in [0.25, 0.3) is 0 Å². The molecule has 0 saturated heterocycles. The van der Waals surface area contributed by atoms with E-state index >= 15 is 0 Å². The summed E-state index contributed by atoms with van der Waals surface area (Å²) in [6.07, 6.45) is 0.0532. The van der Waals surface area contributed by atoms with Gasteiger partial charge in [0.2, 0.25) is 11.8 Å². The van der Waals surface area contributed by atoms with Gasteiger partial charge in [0.05, 0.1) is 17.5 Å². The Morgan fingerprint density at radius 3 is 2.42 bits per heavy atom. The highest BCUT2D eigenvalue weighted by Crippen LogP contribution is 2.21. The molecule has 1 atom stereocenters. The standard InChI is InChI=1S/C18H18ClFN2O2/c1-11-3-5-13(6-4-11)17(21-12(2)23)10-18(24)22-14-7-8-16(20)15(19)9-14/h3-9,17H,10H2,1-2H3,(H,21,23)(H,22,24). The molecule has 0 spiro atoms. The van der Waals surface area contributed by atoms with E-state index in [1.54, 1.807) is 0 Å². The van der Waals surface area contributed by atoms with Gasteiger partial charge in [-0.1, -0.05) is 41.4 Å². The van der Waals surface area contributed by atoms with Gasteiger partial charge in [-0.25, -0.2) is 4.39 Å². The van der Waals surface area contributed by atoms with Gasteiger partial charge in [-0.05, 0) is 30.7 Å². The third-order valence-electron chi connectivity index (χ3n) is 3.45. The zero-order chi connectivity index (χ0) is 17.7. The number of rotatable bonds is 5. The summed E-state index contributed by atoms with van der Waals surface area (Å²) in [6, 6.07) is 11.1. The molecule has 0 aliphatic rings. The molecule has 0 heterocycles. The number of hydrogen-bond acceptors (Lipinski definition) is 2. The first kappa shape index (κ1) is 17.9. The van der Waals surface area contributed by atoms with Crippen LogP contribution < -0.4 is 10.6 Å². The molecule has 0 bridgehead atoms. The van der Waals surface area contributed by atoms with E-state index in [9.17, 15) is 14.0 Å². The summed E-state index contributed by atoms with van der Waals surface area (Å²) in [5.41, 5.74) is 2.32. The van der Waals surface area contributed by atoms with Gasteiger partial charge >= 0.3 is 0 Å². The van der Waals surface area contributed by atoms with Crippen LogP contribution in [-0.2, 0) is 9.59 Å². The second kappa shape index (κ2) is 7.93.